The first kappa shape index (κ1) is 21.3. The summed E-state index contributed by atoms with van der Waals surface area (Å²) in [6.45, 7) is 4.88. The van der Waals surface area contributed by atoms with Crippen molar-refractivity contribution in [2.75, 3.05) is 24.6 Å². The predicted molar refractivity (Wildman–Crippen MR) is 90.1 cm³/mol. The number of carbonyl (C=O) groups is 3. The third-order valence-electron chi connectivity index (χ3n) is 2.20. The summed E-state index contributed by atoms with van der Waals surface area (Å²) >= 11 is 2.17. The van der Waals surface area contributed by atoms with Crippen LogP contribution in [0.15, 0.2) is 0 Å². The van der Waals surface area contributed by atoms with E-state index < -0.39 is 17.7 Å². The van der Waals surface area contributed by atoms with Crippen molar-refractivity contribution in [3.63, 3.8) is 0 Å². The van der Waals surface area contributed by atoms with Crippen molar-refractivity contribution in [1.82, 2.24) is 15.7 Å². The molecule has 8 nitrogen and oxygen atoms in total. The van der Waals surface area contributed by atoms with Crippen LogP contribution >= 0.6 is 28.5 Å². The van der Waals surface area contributed by atoms with Gasteiger partial charge in [-0.1, -0.05) is 22.8 Å². The van der Waals surface area contributed by atoms with E-state index in [4.69, 9.17) is 5.11 Å². The number of amides is 2. The van der Waals surface area contributed by atoms with Gasteiger partial charge in [0.25, 0.3) is 5.70 Å². The highest BCUT2D eigenvalue weighted by Crippen LogP contribution is 2.65. The molecule has 0 heterocycles. The highest BCUT2D eigenvalue weighted by atomic mass is 33.1. The summed E-state index contributed by atoms with van der Waals surface area (Å²) < 4.78 is 12.7. The van der Waals surface area contributed by atoms with Crippen LogP contribution in [0.4, 0.5) is 0 Å². The third-order valence-corrected chi connectivity index (χ3v) is 10.0. The highest BCUT2D eigenvalue weighted by molar-refractivity contribution is 8.90. The molecule has 0 rings (SSSR count). The Hall–Kier alpha value is -0.700. The summed E-state index contributed by atoms with van der Waals surface area (Å²) in [6.07, 6.45) is 0. The summed E-state index contributed by atoms with van der Waals surface area (Å²) in [4.78, 5) is 32.5. The van der Waals surface area contributed by atoms with Gasteiger partial charge in [0.2, 0.25) is 11.8 Å². The largest absolute Gasteiger partial charge is 0.480 e. The molecule has 1 unspecified atom stereocenters. The van der Waals surface area contributed by atoms with Crippen molar-refractivity contribution in [2.45, 2.75) is 26.8 Å². The van der Waals surface area contributed by atoms with Gasteiger partial charge in [-0.05, 0) is 6.92 Å². The van der Waals surface area contributed by atoms with Crippen LogP contribution in [0.3, 0.4) is 0 Å². The quantitative estimate of drug-likeness (QED) is 0.312. The molecule has 22 heavy (non-hydrogen) atoms. The molecule has 0 bridgehead atoms. The van der Waals surface area contributed by atoms with Gasteiger partial charge < -0.3 is 15.7 Å². The maximum absolute atomic E-state index is 12.7. The monoisotopic (exact) mass is 371 g/mol. The second-order valence-corrected chi connectivity index (χ2v) is 12.2. The molecule has 0 aromatic rings. The van der Waals surface area contributed by atoms with Crippen molar-refractivity contribution < 1.29 is 24.1 Å². The Bertz CT molecular complexity index is 423. The van der Waals surface area contributed by atoms with E-state index in [1.54, 1.807) is 0 Å². The lowest BCUT2D eigenvalue weighted by atomic mass is 10.4. The lowest BCUT2D eigenvalue weighted by Gasteiger charge is -2.20. The number of rotatable bonds is 11. The van der Waals surface area contributed by atoms with Gasteiger partial charge in [-0.3, -0.25) is 18.9 Å². The molecule has 1 atom stereocenters. The molecule has 0 saturated heterocycles. The van der Waals surface area contributed by atoms with Crippen LogP contribution in [0.5, 0.6) is 0 Å². The van der Waals surface area contributed by atoms with E-state index in [9.17, 15) is 18.9 Å². The van der Waals surface area contributed by atoms with Gasteiger partial charge in [0.15, 0.2) is 0 Å². The van der Waals surface area contributed by atoms with Crippen LogP contribution in [-0.4, -0.2) is 53.5 Å². The van der Waals surface area contributed by atoms with E-state index in [2.05, 4.69) is 15.7 Å². The number of carboxylic acid groups (broad SMARTS) is 1. The number of carbonyl (C=O) groups excluding carboxylic acids is 2. The van der Waals surface area contributed by atoms with Gasteiger partial charge in [0, 0.05) is 38.4 Å². The number of aliphatic carboxylic acids is 1. The normalized spacial score (nSPS) is 12.5. The average molecular weight is 371 g/mol. The Morgan fingerprint density at radius 1 is 1.05 bits per heavy atom. The predicted octanol–water partition coefficient (Wildman–Crippen LogP) is 0.896. The molecular formula is C11H22N3O5PS2. The smallest absolute Gasteiger partial charge is 0.320 e. The van der Waals surface area contributed by atoms with Gasteiger partial charge in [-0.15, -0.1) is 0 Å². The molecule has 128 valence electrons. The molecule has 0 saturated carbocycles. The van der Waals surface area contributed by atoms with Crippen LogP contribution in [0.2, 0.25) is 0 Å². The number of nitrogens with one attached hydrogen (secondary N) is 3. The maximum Gasteiger partial charge on any atom is 0.320 e. The standard InChI is InChI=1S/C11H22N3O5PS2/c1-8(11(17)18)14-20(19,21-6-4-12-9(2)15)22-7-5-13-10(3)16/h8H,4-7H2,1-3H3,(H,12,15)(H,13,16)(H,14,19)(H,17,18). The Morgan fingerprint density at radius 3 is 1.77 bits per heavy atom. The highest BCUT2D eigenvalue weighted by Gasteiger charge is 2.28. The molecular weight excluding hydrogens is 349 g/mol. The molecule has 0 aliphatic heterocycles. The zero-order chi connectivity index (χ0) is 17.2. The number of hydrogen-bond donors (Lipinski definition) is 4. The third kappa shape index (κ3) is 10.9. The van der Waals surface area contributed by atoms with Gasteiger partial charge in [-0.2, -0.15) is 0 Å². The summed E-state index contributed by atoms with van der Waals surface area (Å²) in [5.74, 6) is -0.668. The minimum atomic E-state index is -3.05. The maximum atomic E-state index is 12.7. The van der Waals surface area contributed by atoms with Crippen LogP contribution in [0.1, 0.15) is 20.8 Å². The Labute approximate surface area is 137 Å². The fourth-order valence-corrected chi connectivity index (χ4v) is 8.49. The van der Waals surface area contributed by atoms with E-state index in [1.165, 1.54) is 20.8 Å². The molecule has 0 aromatic heterocycles. The van der Waals surface area contributed by atoms with Crippen molar-refractivity contribution in [3.05, 3.63) is 0 Å². The first-order chi connectivity index (χ1) is 10.2. The van der Waals surface area contributed by atoms with E-state index in [0.29, 0.717) is 24.6 Å². The molecule has 0 spiro atoms. The molecule has 2 amide bonds. The molecule has 0 aromatic carbocycles. The summed E-state index contributed by atoms with van der Waals surface area (Å²) in [5.41, 5.74) is -3.05. The Morgan fingerprint density at radius 2 is 1.45 bits per heavy atom. The van der Waals surface area contributed by atoms with Crippen molar-refractivity contribution in [1.29, 1.82) is 0 Å². The fraction of sp³-hybridized carbons (Fsp3) is 0.727. The zero-order valence-corrected chi connectivity index (χ0v) is 15.3. The summed E-state index contributed by atoms with van der Waals surface area (Å²) in [5, 5.41) is 16.7. The number of carboxylic acids is 1. The van der Waals surface area contributed by atoms with Crippen LogP contribution in [0.25, 0.3) is 0 Å². The SMILES string of the molecule is CC(=O)NCCSP(=O)(NC(C)C(=O)O)SCCNC(C)=O. The van der Waals surface area contributed by atoms with E-state index in [0.717, 1.165) is 22.8 Å². The number of hydrogen-bond acceptors (Lipinski definition) is 6. The topological polar surface area (TPSA) is 125 Å². The van der Waals surface area contributed by atoms with Gasteiger partial charge >= 0.3 is 5.97 Å². The van der Waals surface area contributed by atoms with Crippen LogP contribution < -0.4 is 15.7 Å². The van der Waals surface area contributed by atoms with Gasteiger partial charge in [0.1, 0.15) is 6.04 Å². The zero-order valence-electron chi connectivity index (χ0n) is 12.7. The molecule has 0 aliphatic carbocycles. The first-order valence-electron chi connectivity index (χ1n) is 6.55. The molecule has 0 fully saturated rings. The average Bonchev–Trinajstić information content (AvgIpc) is 2.39. The minimum absolute atomic E-state index is 0.180. The first-order valence-corrected chi connectivity index (χ1v) is 11.4. The second-order valence-electron chi connectivity index (χ2n) is 4.32. The fourth-order valence-electron chi connectivity index (χ4n) is 1.19. The van der Waals surface area contributed by atoms with Crippen LogP contribution in [-0.2, 0) is 18.9 Å². The lowest BCUT2D eigenvalue weighted by molar-refractivity contribution is -0.138. The summed E-state index contributed by atoms with van der Waals surface area (Å²) in [7, 11) is 0. The molecule has 0 radical (unpaired) electrons. The molecule has 11 heteroatoms. The second kappa shape index (κ2) is 10.9. The van der Waals surface area contributed by atoms with E-state index in [1.807, 2.05) is 0 Å². The van der Waals surface area contributed by atoms with E-state index >= 15 is 0 Å². The summed E-state index contributed by atoms with van der Waals surface area (Å²) in [6, 6.07) is -0.952. The van der Waals surface area contributed by atoms with Crippen molar-refractivity contribution in [2.24, 2.45) is 0 Å². The van der Waals surface area contributed by atoms with Gasteiger partial charge in [0.05, 0.1) is 0 Å². The Kier molecular flexibility index (Phi) is 10.6. The van der Waals surface area contributed by atoms with Crippen molar-refractivity contribution >= 4 is 46.2 Å². The van der Waals surface area contributed by atoms with Crippen LogP contribution in [0, 0.1) is 0 Å². The minimum Gasteiger partial charge on any atom is -0.480 e. The Balaban J connectivity index is 4.46. The molecule has 0 aliphatic rings. The molecule has 4 N–H and O–H groups in total. The van der Waals surface area contributed by atoms with Crippen molar-refractivity contribution in [3.8, 4) is 0 Å². The lowest BCUT2D eigenvalue weighted by Crippen LogP contribution is -2.31. The van der Waals surface area contributed by atoms with Gasteiger partial charge in [-0.25, -0.2) is 5.09 Å². The van der Waals surface area contributed by atoms with E-state index in [-0.39, 0.29) is 11.8 Å².